The van der Waals surface area contributed by atoms with Gasteiger partial charge in [0.05, 0.1) is 10.6 Å². The number of nitro groups is 1. The minimum absolute atomic E-state index is 0.00512. The van der Waals surface area contributed by atoms with E-state index in [0.717, 1.165) is 18.2 Å². The highest BCUT2D eigenvalue weighted by molar-refractivity contribution is 5.95. The molecular weight excluding hydrogens is 347 g/mol. The van der Waals surface area contributed by atoms with Crippen molar-refractivity contribution in [2.24, 2.45) is 0 Å². The summed E-state index contributed by atoms with van der Waals surface area (Å²) in [6.45, 7) is -0.700. The van der Waals surface area contributed by atoms with E-state index in [-0.39, 0.29) is 17.1 Å². The van der Waals surface area contributed by atoms with Gasteiger partial charge in [-0.2, -0.15) is 0 Å². The molecule has 3 aromatic rings. The van der Waals surface area contributed by atoms with Crippen LogP contribution in [-0.2, 0) is 9.53 Å². The van der Waals surface area contributed by atoms with Crippen LogP contribution in [0.25, 0.3) is 5.65 Å². The molecule has 0 fully saturated rings. The fraction of sp³-hybridized carbons (Fsp3) is 0.0625. The summed E-state index contributed by atoms with van der Waals surface area (Å²) in [5.74, 6) is -2.53. The molecule has 0 aliphatic rings. The molecule has 1 N–H and O–H groups in total. The third kappa shape index (κ3) is 3.64. The van der Waals surface area contributed by atoms with Crippen molar-refractivity contribution in [2.45, 2.75) is 0 Å². The highest BCUT2D eigenvalue weighted by Gasteiger charge is 2.16. The normalized spacial score (nSPS) is 10.5. The Morgan fingerprint density at radius 2 is 2.12 bits per heavy atom. The van der Waals surface area contributed by atoms with Crippen molar-refractivity contribution in [2.75, 3.05) is 11.9 Å². The number of nitrogens with one attached hydrogen (secondary N) is 1. The molecule has 9 nitrogen and oxygen atoms in total. The Morgan fingerprint density at radius 3 is 2.85 bits per heavy atom. The van der Waals surface area contributed by atoms with Gasteiger partial charge in [0.2, 0.25) is 0 Å². The van der Waals surface area contributed by atoms with E-state index in [1.807, 2.05) is 0 Å². The molecule has 0 unspecified atom stereocenters. The molecule has 0 radical (unpaired) electrons. The van der Waals surface area contributed by atoms with Gasteiger partial charge < -0.3 is 14.5 Å². The molecule has 26 heavy (non-hydrogen) atoms. The first kappa shape index (κ1) is 17.0. The Hall–Kier alpha value is -3.82. The number of carbonyl (C=O) groups excluding carboxylic acids is 2. The molecule has 0 aliphatic carbocycles. The van der Waals surface area contributed by atoms with Crippen LogP contribution in [0.5, 0.6) is 0 Å². The number of benzene rings is 1. The third-order valence-electron chi connectivity index (χ3n) is 3.34. The lowest BCUT2D eigenvalue weighted by Gasteiger charge is -2.06. The number of nitrogens with zero attached hydrogens (tertiary/aromatic N) is 3. The maximum atomic E-state index is 13.6. The fourth-order valence-electron chi connectivity index (χ4n) is 2.15. The zero-order valence-corrected chi connectivity index (χ0v) is 13.1. The van der Waals surface area contributed by atoms with Crippen LogP contribution in [-0.4, -0.2) is 32.8 Å². The topological polar surface area (TPSA) is 116 Å². The third-order valence-corrected chi connectivity index (χ3v) is 3.34. The molecule has 1 aromatic carbocycles. The lowest BCUT2D eigenvalue weighted by Crippen LogP contribution is -2.21. The number of hydrogen-bond donors (Lipinski definition) is 1. The van der Waals surface area contributed by atoms with E-state index in [0.29, 0.717) is 5.65 Å². The van der Waals surface area contributed by atoms with Crippen LogP contribution < -0.4 is 5.32 Å². The van der Waals surface area contributed by atoms with Crippen LogP contribution in [0.1, 0.15) is 10.5 Å². The Bertz CT molecular complexity index is 984. The van der Waals surface area contributed by atoms with Crippen LogP contribution >= 0.6 is 0 Å². The van der Waals surface area contributed by atoms with Gasteiger partial charge in [-0.15, -0.1) is 0 Å². The zero-order chi connectivity index (χ0) is 18.7. The number of hydrogen-bond acceptors (Lipinski definition) is 6. The summed E-state index contributed by atoms with van der Waals surface area (Å²) in [5.41, 5.74) is -0.232. The van der Waals surface area contributed by atoms with Gasteiger partial charge in [0.15, 0.2) is 12.3 Å². The number of non-ortho nitro benzene ring substituents is 1. The molecular formula is C16H11FN4O5. The van der Waals surface area contributed by atoms with Gasteiger partial charge in [-0.25, -0.2) is 14.2 Å². The van der Waals surface area contributed by atoms with E-state index in [2.05, 4.69) is 10.3 Å². The van der Waals surface area contributed by atoms with Gasteiger partial charge in [-0.05, 0) is 18.2 Å². The van der Waals surface area contributed by atoms with Crippen molar-refractivity contribution in [1.82, 2.24) is 9.38 Å². The predicted molar refractivity (Wildman–Crippen MR) is 87.2 cm³/mol. The minimum Gasteiger partial charge on any atom is -0.451 e. The first-order valence-corrected chi connectivity index (χ1v) is 7.28. The number of esters is 1. The van der Waals surface area contributed by atoms with E-state index in [1.54, 1.807) is 28.8 Å². The first-order valence-electron chi connectivity index (χ1n) is 7.28. The van der Waals surface area contributed by atoms with E-state index >= 15 is 0 Å². The van der Waals surface area contributed by atoms with Gasteiger partial charge in [0.1, 0.15) is 11.5 Å². The second-order valence-electron chi connectivity index (χ2n) is 5.14. The molecule has 132 valence electrons. The number of nitro benzene ring substituents is 1. The summed E-state index contributed by atoms with van der Waals surface area (Å²) in [4.78, 5) is 37.7. The summed E-state index contributed by atoms with van der Waals surface area (Å²) in [5, 5.41) is 12.8. The molecule has 0 atom stereocenters. The largest absolute Gasteiger partial charge is 0.451 e. The van der Waals surface area contributed by atoms with E-state index in [9.17, 15) is 24.1 Å². The standard InChI is InChI=1S/C16H11FN4O5/c17-11-5-4-10(21(24)25)7-12(11)19-15(22)9-26-16(23)13-8-20-6-2-1-3-14(20)18-13/h1-8H,9H2,(H,19,22). The Kier molecular flexibility index (Phi) is 4.56. The molecule has 0 aliphatic heterocycles. The second kappa shape index (κ2) is 6.97. The molecule has 10 heteroatoms. The van der Waals surface area contributed by atoms with E-state index in [4.69, 9.17) is 4.74 Å². The van der Waals surface area contributed by atoms with Crippen LogP contribution in [0.2, 0.25) is 0 Å². The molecule has 3 rings (SSSR count). The lowest BCUT2D eigenvalue weighted by molar-refractivity contribution is -0.384. The maximum Gasteiger partial charge on any atom is 0.359 e. The molecule has 0 saturated carbocycles. The number of imidazole rings is 1. The molecule has 0 bridgehead atoms. The van der Waals surface area contributed by atoms with Crippen molar-refractivity contribution < 1.29 is 23.6 Å². The quantitative estimate of drug-likeness (QED) is 0.424. The zero-order valence-electron chi connectivity index (χ0n) is 13.1. The smallest absolute Gasteiger partial charge is 0.359 e. The van der Waals surface area contributed by atoms with Crippen LogP contribution in [0.3, 0.4) is 0 Å². The van der Waals surface area contributed by atoms with Gasteiger partial charge in [0.25, 0.3) is 11.6 Å². The molecule has 0 saturated heterocycles. The van der Waals surface area contributed by atoms with Crippen LogP contribution in [0.4, 0.5) is 15.8 Å². The first-order chi connectivity index (χ1) is 12.4. The molecule has 2 aromatic heterocycles. The number of aromatic nitrogens is 2. The summed E-state index contributed by atoms with van der Waals surface area (Å²) in [6.07, 6.45) is 3.13. The van der Waals surface area contributed by atoms with Crippen LogP contribution in [0.15, 0.2) is 48.8 Å². The number of rotatable bonds is 5. The summed E-state index contributed by atoms with van der Waals surface area (Å²) < 4.78 is 20.0. The van der Waals surface area contributed by atoms with E-state index < -0.39 is 29.2 Å². The maximum absolute atomic E-state index is 13.6. The Balaban J connectivity index is 1.62. The summed E-state index contributed by atoms with van der Waals surface area (Å²) in [6, 6.07) is 7.89. The average molecular weight is 358 g/mol. The molecule has 1 amide bonds. The SMILES string of the molecule is O=C(COC(=O)c1cn2ccccc2n1)Nc1cc([N+](=O)[O-])ccc1F. The van der Waals surface area contributed by atoms with Gasteiger partial charge in [0, 0.05) is 24.5 Å². The number of carbonyl (C=O) groups is 2. The number of halogens is 1. The Labute approximate surface area is 145 Å². The number of amides is 1. The van der Waals surface area contributed by atoms with E-state index in [1.165, 1.54) is 6.20 Å². The second-order valence-corrected chi connectivity index (χ2v) is 5.14. The molecule has 0 spiro atoms. The predicted octanol–water partition coefficient (Wildman–Crippen LogP) is 2.18. The van der Waals surface area contributed by atoms with Crippen molar-refractivity contribution in [3.05, 3.63) is 70.4 Å². The fourth-order valence-corrected chi connectivity index (χ4v) is 2.15. The summed E-state index contributed by atoms with van der Waals surface area (Å²) in [7, 11) is 0. The lowest BCUT2D eigenvalue weighted by atomic mass is 10.2. The monoisotopic (exact) mass is 358 g/mol. The summed E-state index contributed by atoms with van der Waals surface area (Å²) >= 11 is 0. The molecule has 2 heterocycles. The van der Waals surface area contributed by atoms with Crippen molar-refractivity contribution in [3.63, 3.8) is 0 Å². The highest BCUT2D eigenvalue weighted by Crippen LogP contribution is 2.21. The van der Waals surface area contributed by atoms with Gasteiger partial charge in [-0.3, -0.25) is 14.9 Å². The van der Waals surface area contributed by atoms with Gasteiger partial charge >= 0.3 is 5.97 Å². The highest BCUT2D eigenvalue weighted by atomic mass is 19.1. The average Bonchev–Trinajstić information content (AvgIpc) is 3.05. The number of anilines is 1. The van der Waals surface area contributed by atoms with Crippen molar-refractivity contribution in [3.8, 4) is 0 Å². The van der Waals surface area contributed by atoms with Crippen molar-refractivity contribution in [1.29, 1.82) is 0 Å². The minimum atomic E-state index is -0.851. The number of pyridine rings is 1. The number of fused-ring (bicyclic) bond motifs is 1. The van der Waals surface area contributed by atoms with Gasteiger partial charge in [-0.1, -0.05) is 6.07 Å². The number of ether oxygens (including phenoxy) is 1. The van der Waals surface area contributed by atoms with Crippen molar-refractivity contribution >= 4 is 28.9 Å². The van der Waals surface area contributed by atoms with Crippen LogP contribution in [0, 0.1) is 15.9 Å². The Morgan fingerprint density at radius 1 is 1.31 bits per heavy atom.